The fourth-order valence-electron chi connectivity index (χ4n) is 1.32. The molecular formula is C12H17BrClN. The lowest BCUT2D eigenvalue weighted by atomic mass is 10.1. The van der Waals surface area contributed by atoms with Gasteiger partial charge in [-0.25, -0.2) is 0 Å². The molecule has 3 heteroatoms. The molecule has 0 aliphatic heterocycles. The summed E-state index contributed by atoms with van der Waals surface area (Å²) in [6.07, 6.45) is 1.04. The maximum atomic E-state index is 5.92. The van der Waals surface area contributed by atoms with Crippen LogP contribution in [0.3, 0.4) is 0 Å². The quantitative estimate of drug-likeness (QED) is 0.811. The predicted octanol–water partition coefficient (Wildman–Crippen LogP) is 3.89. The molecule has 0 heterocycles. The van der Waals surface area contributed by atoms with Crippen molar-refractivity contribution in [1.29, 1.82) is 0 Å². The normalized spacial score (nSPS) is 11.0. The summed E-state index contributed by atoms with van der Waals surface area (Å²) in [4.78, 5) is 0. The first-order valence-electron chi connectivity index (χ1n) is 5.24. The van der Waals surface area contributed by atoms with Crippen molar-refractivity contribution in [3.63, 3.8) is 0 Å². The van der Waals surface area contributed by atoms with Crippen LogP contribution in [0.4, 0.5) is 0 Å². The number of hydrogen-bond donors (Lipinski definition) is 1. The summed E-state index contributed by atoms with van der Waals surface area (Å²) in [5.74, 6) is 0.710. The van der Waals surface area contributed by atoms with Crippen molar-refractivity contribution in [2.24, 2.45) is 5.92 Å². The highest BCUT2D eigenvalue weighted by Crippen LogP contribution is 2.23. The molecule has 1 nitrogen and oxygen atoms in total. The molecule has 0 unspecified atom stereocenters. The van der Waals surface area contributed by atoms with E-state index in [0.717, 1.165) is 29.0 Å². The number of benzene rings is 1. The van der Waals surface area contributed by atoms with Gasteiger partial charge >= 0.3 is 0 Å². The molecule has 0 bridgehead atoms. The van der Waals surface area contributed by atoms with Crippen LogP contribution in [0, 0.1) is 5.92 Å². The van der Waals surface area contributed by atoms with E-state index in [0.29, 0.717) is 5.92 Å². The van der Waals surface area contributed by atoms with Crippen LogP contribution in [0.2, 0.25) is 5.02 Å². The Hall–Kier alpha value is -0.0500. The first kappa shape index (κ1) is 13.0. The Kier molecular flexibility index (Phi) is 5.65. The highest BCUT2D eigenvalue weighted by molar-refractivity contribution is 9.10. The number of rotatable bonds is 5. The lowest BCUT2D eigenvalue weighted by Crippen LogP contribution is -2.22. The summed E-state index contributed by atoms with van der Waals surface area (Å²) >= 11 is 9.35. The molecule has 0 amide bonds. The topological polar surface area (TPSA) is 12.0 Å². The van der Waals surface area contributed by atoms with E-state index in [2.05, 4.69) is 47.2 Å². The second kappa shape index (κ2) is 6.51. The van der Waals surface area contributed by atoms with Gasteiger partial charge in [-0.2, -0.15) is 0 Å². The van der Waals surface area contributed by atoms with Gasteiger partial charge in [0.05, 0.1) is 5.02 Å². The zero-order valence-corrected chi connectivity index (χ0v) is 11.5. The molecule has 15 heavy (non-hydrogen) atoms. The number of nitrogens with one attached hydrogen (secondary N) is 1. The van der Waals surface area contributed by atoms with Crippen LogP contribution in [0.25, 0.3) is 0 Å². The molecule has 0 spiro atoms. The lowest BCUT2D eigenvalue weighted by Gasteiger charge is -2.07. The second-order valence-corrected chi connectivity index (χ2v) is 5.36. The average Bonchev–Trinajstić information content (AvgIpc) is 2.18. The van der Waals surface area contributed by atoms with E-state index >= 15 is 0 Å². The molecule has 1 aromatic rings. The van der Waals surface area contributed by atoms with Gasteiger partial charge in [0.25, 0.3) is 0 Å². The van der Waals surface area contributed by atoms with Gasteiger partial charge in [0.1, 0.15) is 0 Å². The molecule has 0 fully saturated rings. The molecule has 84 valence electrons. The van der Waals surface area contributed by atoms with Gasteiger partial charge in [0.15, 0.2) is 0 Å². The lowest BCUT2D eigenvalue weighted by molar-refractivity contribution is 0.554. The van der Waals surface area contributed by atoms with E-state index in [9.17, 15) is 0 Å². The van der Waals surface area contributed by atoms with Gasteiger partial charge in [-0.05, 0) is 59.1 Å². The highest BCUT2D eigenvalue weighted by atomic mass is 79.9. The summed E-state index contributed by atoms with van der Waals surface area (Å²) < 4.78 is 0.977. The fourth-order valence-corrected chi connectivity index (χ4v) is 1.86. The Bertz CT molecular complexity index is 312. The Balaban J connectivity index is 2.35. The van der Waals surface area contributed by atoms with Crippen molar-refractivity contribution < 1.29 is 0 Å². The monoisotopic (exact) mass is 289 g/mol. The Morgan fingerprint density at radius 1 is 1.40 bits per heavy atom. The van der Waals surface area contributed by atoms with Crippen molar-refractivity contribution in [3.8, 4) is 0 Å². The molecule has 0 aliphatic carbocycles. The SMILES string of the molecule is CC(C)CNCCc1ccc(Cl)c(Br)c1. The Morgan fingerprint density at radius 2 is 2.13 bits per heavy atom. The molecule has 0 saturated carbocycles. The van der Waals surface area contributed by atoms with Crippen LogP contribution in [0.15, 0.2) is 22.7 Å². The number of halogens is 2. The average molecular weight is 291 g/mol. The van der Waals surface area contributed by atoms with Gasteiger partial charge in [-0.15, -0.1) is 0 Å². The maximum Gasteiger partial charge on any atom is 0.0548 e. The largest absolute Gasteiger partial charge is 0.316 e. The van der Waals surface area contributed by atoms with Gasteiger partial charge in [-0.1, -0.05) is 31.5 Å². The molecule has 0 saturated heterocycles. The molecule has 0 aromatic heterocycles. The molecule has 0 radical (unpaired) electrons. The maximum absolute atomic E-state index is 5.92. The van der Waals surface area contributed by atoms with Crippen LogP contribution in [0.5, 0.6) is 0 Å². The molecule has 1 rings (SSSR count). The van der Waals surface area contributed by atoms with Crippen LogP contribution in [0.1, 0.15) is 19.4 Å². The second-order valence-electron chi connectivity index (χ2n) is 4.10. The smallest absolute Gasteiger partial charge is 0.0548 e. The van der Waals surface area contributed by atoms with Crippen molar-refractivity contribution >= 4 is 27.5 Å². The van der Waals surface area contributed by atoms with E-state index in [4.69, 9.17) is 11.6 Å². The predicted molar refractivity (Wildman–Crippen MR) is 70.6 cm³/mol. The van der Waals surface area contributed by atoms with E-state index in [1.165, 1.54) is 5.56 Å². The van der Waals surface area contributed by atoms with Gasteiger partial charge < -0.3 is 5.32 Å². The van der Waals surface area contributed by atoms with Gasteiger partial charge in [-0.3, -0.25) is 0 Å². The van der Waals surface area contributed by atoms with Gasteiger partial charge in [0, 0.05) is 4.47 Å². The van der Waals surface area contributed by atoms with Crippen LogP contribution < -0.4 is 5.32 Å². The van der Waals surface area contributed by atoms with Crippen LogP contribution in [-0.2, 0) is 6.42 Å². The molecule has 0 atom stereocenters. The van der Waals surface area contributed by atoms with Crippen molar-refractivity contribution in [1.82, 2.24) is 5.32 Å². The van der Waals surface area contributed by atoms with Crippen molar-refractivity contribution in [2.75, 3.05) is 13.1 Å². The zero-order valence-electron chi connectivity index (χ0n) is 9.19. The Labute approximate surface area is 105 Å². The summed E-state index contributed by atoms with van der Waals surface area (Å²) in [5, 5.41) is 4.19. The van der Waals surface area contributed by atoms with Crippen LogP contribution in [-0.4, -0.2) is 13.1 Å². The fraction of sp³-hybridized carbons (Fsp3) is 0.500. The standard InChI is InChI=1S/C12H17BrClN/c1-9(2)8-15-6-5-10-3-4-12(14)11(13)7-10/h3-4,7,9,15H,5-6,8H2,1-2H3. The minimum atomic E-state index is 0.710. The zero-order chi connectivity index (χ0) is 11.3. The first-order valence-corrected chi connectivity index (χ1v) is 6.41. The van der Waals surface area contributed by atoms with Gasteiger partial charge in [0.2, 0.25) is 0 Å². The third-order valence-electron chi connectivity index (χ3n) is 2.13. The summed E-state index contributed by atoms with van der Waals surface area (Å²) in [6, 6.07) is 6.09. The summed E-state index contributed by atoms with van der Waals surface area (Å²) in [5.41, 5.74) is 1.31. The highest BCUT2D eigenvalue weighted by Gasteiger charge is 1.99. The summed E-state index contributed by atoms with van der Waals surface area (Å²) in [6.45, 7) is 6.53. The van der Waals surface area contributed by atoms with E-state index < -0.39 is 0 Å². The molecule has 0 aliphatic rings. The first-order chi connectivity index (χ1) is 7.09. The third kappa shape index (κ3) is 5.01. The molecule has 1 N–H and O–H groups in total. The third-order valence-corrected chi connectivity index (χ3v) is 3.34. The Morgan fingerprint density at radius 3 is 2.73 bits per heavy atom. The van der Waals surface area contributed by atoms with Crippen molar-refractivity contribution in [3.05, 3.63) is 33.3 Å². The minimum absolute atomic E-state index is 0.710. The minimum Gasteiger partial charge on any atom is -0.316 e. The van der Waals surface area contributed by atoms with Crippen molar-refractivity contribution in [2.45, 2.75) is 20.3 Å². The van der Waals surface area contributed by atoms with Crippen LogP contribution >= 0.6 is 27.5 Å². The van der Waals surface area contributed by atoms with E-state index in [1.54, 1.807) is 0 Å². The molecule has 1 aromatic carbocycles. The number of hydrogen-bond acceptors (Lipinski definition) is 1. The van der Waals surface area contributed by atoms with E-state index in [1.807, 2.05) is 6.07 Å². The molecular weight excluding hydrogens is 273 g/mol. The van der Waals surface area contributed by atoms with E-state index in [-0.39, 0.29) is 0 Å². The summed E-state index contributed by atoms with van der Waals surface area (Å²) in [7, 11) is 0.